The van der Waals surface area contributed by atoms with Crippen LogP contribution in [0.1, 0.15) is 38.8 Å². The summed E-state index contributed by atoms with van der Waals surface area (Å²) in [5.74, 6) is 1.25. The maximum absolute atomic E-state index is 9.98. The van der Waals surface area contributed by atoms with Crippen molar-refractivity contribution < 1.29 is 10.2 Å². The summed E-state index contributed by atoms with van der Waals surface area (Å²) in [4.78, 5) is 13.6. The molecule has 8 nitrogen and oxygen atoms in total. The molecule has 27 heavy (non-hydrogen) atoms. The van der Waals surface area contributed by atoms with Crippen molar-refractivity contribution in [1.82, 2.24) is 19.5 Å². The predicted molar refractivity (Wildman–Crippen MR) is 106 cm³/mol. The standard InChI is InChI=1S/C19H26N6O2/c1-4-14(10-26)22-19-23-17(20-9-13-7-5-6-8-15(13)27)16-18(24-19)25(11-21-16)12(2)3/h5-8,11-12,14,26-27H,4,9-10H2,1-3H3,(H2,20,22,23,24). The van der Waals surface area contributed by atoms with Crippen LogP contribution in [-0.2, 0) is 6.54 Å². The lowest BCUT2D eigenvalue weighted by Gasteiger charge is -2.16. The van der Waals surface area contributed by atoms with Gasteiger partial charge in [0.2, 0.25) is 5.95 Å². The Morgan fingerprint density at radius 2 is 1.96 bits per heavy atom. The SMILES string of the molecule is CCC(CO)Nc1nc(NCc2ccccc2O)c2ncn(C(C)C)c2n1. The number of aromatic hydroxyl groups is 1. The number of nitrogens with one attached hydrogen (secondary N) is 2. The fourth-order valence-corrected chi connectivity index (χ4v) is 2.78. The van der Waals surface area contributed by atoms with Crippen LogP contribution in [0.3, 0.4) is 0 Å². The Labute approximate surface area is 158 Å². The van der Waals surface area contributed by atoms with Crippen LogP contribution in [-0.4, -0.2) is 42.4 Å². The number of aliphatic hydroxyl groups excluding tert-OH is 1. The Morgan fingerprint density at radius 1 is 1.19 bits per heavy atom. The van der Waals surface area contributed by atoms with E-state index in [1.807, 2.05) is 23.6 Å². The first-order chi connectivity index (χ1) is 13.0. The molecular formula is C19H26N6O2. The Kier molecular flexibility index (Phi) is 5.75. The van der Waals surface area contributed by atoms with E-state index in [2.05, 4.69) is 39.4 Å². The van der Waals surface area contributed by atoms with Crippen LogP contribution < -0.4 is 10.6 Å². The number of imidazole rings is 1. The predicted octanol–water partition coefficient (Wildman–Crippen LogP) is 2.91. The first-order valence-corrected chi connectivity index (χ1v) is 9.16. The molecule has 0 aliphatic carbocycles. The third-order valence-corrected chi connectivity index (χ3v) is 4.46. The van der Waals surface area contributed by atoms with Crippen LogP contribution in [0.25, 0.3) is 11.2 Å². The van der Waals surface area contributed by atoms with Crippen LogP contribution in [0.5, 0.6) is 5.75 Å². The van der Waals surface area contributed by atoms with Crippen molar-refractivity contribution in [3.63, 3.8) is 0 Å². The molecule has 0 saturated carbocycles. The Morgan fingerprint density at radius 3 is 2.63 bits per heavy atom. The van der Waals surface area contributed by atoms with Gasteiger partial charge in [-0.1, -0.05) is 25.1 Å². The van der Waals surface area contributed by atoms with E-state index in [0.29, 0.717) is 23.8 Å². The van der Waals surface area contributed by atoms with E-state index < -0.39 is 0 Å². The lowest BCUT2D eigenvalue weighted by atomic mass is 10.2. The third kappa shape index (κ3) is 4.11. The lowest BCUT2D eigenvalue weighted by Crippen LogP contribution is -2.24. The van der Waals surface area contributed by atoms with Crippen LogP contribution in [0.2, 0.25) is 0 Å². The van der Waals surface area contributed by atoms with Gasteiger partial charge in [-0.2, -0.15) is 9.97 Å². The van der Waals surface area contributed by atoms with Gasteiger partial charge < -0.3 is 25.4 Å². The number of hydrogen-bond acceptors (Lipinski definition) is 7. The van der Waals surface area contributed by atoms with Gasteiger partial charge in [0.25, 0.3) is 0 Å². The number of hydrogen-bond donors (Lipinski definition) is 4. The maximum Gasteiger partial charge on any atom is 0.227 e. The summed E-state index contributed by atoms with van der Waals surface area (Å²) in [6, 6.07) is 7.24. The fraction of sp³-hybridized carbons (Fsp3) is 0.421. The van der Waals surface area contributed by atoms with E-state index in [0.717, 1.165) is 17.6 Å². The molecule has 0 aliphatic heterocycles. The number of anilines is 2. The van der Waals surface area contributed by atoms with Crippen molar-refractivity contribution in [2.24, 2.45) is 0 Å². The molecule has 0 radical (unpaired) electrons. The minimum atomic E-state index is -0.121. The van der Waals surface area contributed by atoms with Gasteiger partial charge >= 0.3 is 0 Å². The van der Waals surface area contributed by atoms with E-state index >= 15 is 0 Å². The normalized spacial score (nSPS) is 12.5. The molecule has 2 heterocycles. The van der Waals surface area contributed by atoms with Crippen LogP contribution in [0, 0.1) is 0 Å². The molecule has 0 saturated heterocycles. The second-order valence-corrected chi connectivity index (χ2v) is 6.73. The monoisotopic (exact) mass is 370 g/mol. The molecule has 0 spiro atoms. The zero-order chi connectivity index (χ0) is 19.4. The number of aromatic nitrogens is 4. The summed E-state index contributed by atoms with van der Waals surface area (Å²) in [7, 11) is 0. The highest BCUT2D eigenvalue weighted by molar-refractivity contribution is 5.84. The van der Waals surface area contributed by atoms with Crippen molar-refractivity contribution >= 4 is 22.9 Å². The topological polar surface area (TPSA) is 108 Å². The van der Waals surface area contributed by atoms with Gasteiger partial charge in [0.1, 0.15) is 5.75 Å². The number of nitrogens with zero attached hydrogens (tertiary/aromatic N) is 4. The molecule has 4 N–H and O–H groups in total. The van der Waals surface area contributed by atoms with E-state index in [1.165, 1.54) is 0 Å². The minimum Gasteiger partial charge on any atom is -0.508 e. The largest absolute Gasteiger partial charge is 0.508 e. The highest BCUT2D eigenvalue weighted by atomic mass is 16.3. The van der Waals surface area contributed by atoms with E-state index in [4.69, 9.17) is 0 Å². The average Bonchev–Trinajstić information content (AvgIpc) is 3.09. The van der Waals surface area contributed by atoms with Gasteiger partial charge in [-0.05, 0) is 26.3 Å². The smallest absolute Gasteiger partial charge is 0.227 e. The molecule has 2 aromatic heterocycles. The summed E-state index contributed by atoms with van der Waals surface area (Å²) in [5, 5.41) is 25.9. The first kappa shape index (κ1) is 18.9. The van der Waals surface area contributed by atoms with Crippen molar-refractivity contribution in [3.8, 4) is 5.75 Å². The van der Waals surface area contributed by atoms with Gasteiger partial charge in [0.05, 0.1) is 19.0 Å². The molecule has 0 aliphatic rings. The van der Waals surface area contributed by atoms with Crippen molar-refractivity contribution in [2.45, 2.75) is 45.8 Å². The van der Waals surface area contributed by atoms with Gasteiger partial charge in [0.15, 0.2) is 17.0 Å². The molecule has 1 unspecified atom stereocenters. The van der Waals surface area contributed by atoms with Gasteiger partial charge in [0, 0.05) is 18.2 Å². The number of aliphatic hydroxyl groups is 1. The second-order valence-electron chi connectivity index (χ2n) is 6.73. The van der Waals surface area contributed by atoms with Gasteiger partial charge in [-0.25, -0.2) is 4.98 Å². The third-order valence-electron chi connectivity index (χ3n) is 4.46. The molecule has 0 fully saturated rings. The number of phenolic OH excluding ortho intramolecular Hbond substituents is 1. The summed E-state index contributed by atoms with van der Waals surface area (Å²) in [5.41, 5.74) is 2.15. The van der Waals surface area contributed by atoms with E-state index in [9.17, 15) is 10.2 Å². The van der Waals surface area contributed by atoms with Crippen molar-refractivity contribution in [1.29, 1.82) is 0 Å². The number of rotatable bonds is 8. The highest BCUT2D eigenvalue weighted by Gasteiger charge is 2.16. The van der Waals surface area contributed by atoms with Crippen LogP contribution in [0.15, 0.2) is 30.6 Å². The Hall–Kier alpha value is -2.87. The Balaban J connectivity index is 1.97. The zero-order valence-corrected chi connectivity index (χ0v) is 15.8. The molecule has 0 amide bonds. The van der Waals surface area contributed by atoms with E-state index in [1.54, 1.807) is 18.5 Å². The molecule has 1 aromatic carbocycles. The fourth-order valence-electron chi connectivity index (χ4n) is 2.78. The second kappa shape index (κ2) is 8.22. The van der Waals surface area contributed by atoms with Gasteiger partial charge in [-0.3, -0.25) is 0 Å². The van der Waals surface area contributed by atoms with Crippen LogP contribution >= 0.6 is 0 Å². The Bertz CT molecular complexity index is 904. The zero-order valence-electron chi connectivity index (χ0n) is 15.8. The minimum absolute atomic E-state index is 0.00197. The first-order valence-electron chi connectivity index (χ1n) is 9.16. The molecule has 8 heteroatoms. The molecule has 3 rings (SSSR count). The van der Waals surface area contributed by atoms with Crippen LogP contribution in [0.4, 0.5) is 11.8 Å². The van der Waals surface area contributed by atoms with Crippen molar-refractivity contribution in [3.05, 3.63) is 36.2 Å². The average molecular weight is 370 g/mol. The number of para-hydroxylation sites is 1. The van der Waals surface area contributed by atoms with Gasteiger partial charge in [-0.15, -0.1) is 0 Å². The highest BCUT2D eigenvalue weighted by Crippen LogP contribution is 2.25. The summed E-state index contributed by atoms with van der Waals surface area (Å²) < 4.78 is 1.98. The maximum atomic E-state index is 9.98. The number of benzene rings is 1. The number of fused-ring (bicyclic) bond motifs is 1. The van der Waals surface area contributed by atoms with Crippen molar-refractivity contribution in [2.75, 3.05) is 17.2 Å². The van der Waals surface area contributed by atoms with E-state index in [-0.39, 0.29) is 24.4 Å². The number of phenols is 1. The quantitative estimate of drug-likeness (QED) is 0.483. The molecule has 1 atom stereocenters. The lowest BCUT2D eigenvalue weighted by molar-refractivity contribution is 0.271. The molecule has 0 bridgehead atoms. The molecular weight excluding hydrogens is 344 g/mol. The molecule has 144 valence electrons. The summed E-state index contributed by atoms with van der Waals surface area (Å²) in [6.07, 6.45) is 2.50. The summed E-state index contributed by atoms with van der Waals surface area (Å²) in [6.45, 7) is 6.52. The summed E-state index contributed by atoms with van der Waals surface area (Å²) >= 11 is 0. The molecule has 3 aromatic rings.